The molecule has 1 N–H and O–H groups in total. The maximum Gasteiger partial charge on any atom is 0.306 e. The summed E-state index contributed by atoms with van der Waals surface area (Å²) in [6.45, 7) is 17.5. The third-order valence-corrected chi connectivity index (χ3v) is 8.10. The molecule has 5 heteroatoms. The molecule has 1 heterocycles. The summed E-state index contributed by atoms with van der Waals surface area (Å²) >= 11 is 0. The molecule has 2 aliphatic carbocycles. The molecule has 0 bridgehead atoms. The first kappa shape index (κ1) is 30.1. The molecule has 0 aromatic heterocycles. The van der Waals surface area contributed by atoms with Gasteiger partial charge in [-0.05, 0) is 49.4 Å². The first-order valence-electron chi connectivity index (χ1n) is 13.2. The molecule has 196 valence electrons. The largest absolute Gasteiger partial charge is 0.497 e. The number of hydrogen-bond acceptors (Lipinski definition) is 5. The number of anilines is 1. The van der Waals surface area contributed by atoms with Gasteiger partial charge in [0.25, 0.3) is 0 Å². The van der Waals surface area contributed by atoms with Crippen LogP contribution in [0.5, 0.6) is 11.5 Å². The second-order valence-electron chi connectivity index (χ2n) is 10.3. The lowest BCUT2D eigenvalue weighted by molar-refractivity contribution is -0.164. The predicted octanol–water partition coefficient (Wildman–Crippen LogP) is 7.73. The molecule has 0 amide bonds. The zero-order valence-corrected chi connectivity index (χ0v) is 23.8. The average molecular weight is 478 g/mol. The summed E-state index contributed by atoms with van der Waals surface area (Å²) in [7, 11) is 5.12. The van der Waals surface area contributed by atoms with E-state index in [1.54, 1.807) is 14.2 Å². The van der Waals surface area contributed by atoms with Crippen molar-refractivity contribution >= 4 is 11.7 Å². The molecule has 1 aromatic rings. The third kappa shape index (κ3) is 6.40. The van der Waals surface area contributed by atoms with E-state index in [1.807, 2.05) is 52.9 Å². The number of esters is 1. The summed E-state index contributed by atoms with van der Waals surface area (Å²) < 4.78 is 15.9. The quantitative estimate of drug-likeness (QED) is 0.451. The second-order valence-corrected chi connectivity index (χ2v) is 10.3. The van der Waals surface area contributed by atoms with Crippen molar-refractivity contribution in [2.45, 2.75) is 99.5 Å². The van der Waals surface area contributed by atoms with E-state index < -0.39 is 0 Å². The van der Waals surface area contributed by atoms with Gasteiger partial charge in [-0.15, -0.1) is 0 Å². The van der Waals surface area contributed by atoms with Crippen LogP contribution in [0.4, 0.5) is 5.69 Å². The summed E-state index contributed by atoms with van der Waals surface area (Å²) in [5.41, 5.74) is 1.54. The number of ether oxygens (including phenoxy) is 3. The number of rotatable bonds is 3. The maximum atomic E-state index is 11.8. The van der Waals surface area contributed by atoms with Crippen LogP contribution in [-0.4, -0.2) is 32.8 Å². The van der Waals surface area contributed by atoms with Crippen molar-refractivity contribution in [3.8, 4) is 11.5 Å². The Morgan fingerprint density at radius 3 is 1.94 bits per heavy atom. The molecule has 4 unspecified atom stereocenters. The first-order valence-corrected chi connectivity index (χ1v) is 13.2. The molecule has 2 saturated carbocycles. The lowest BCUT2D eigenvalue weighted by Gasteiger charge is -2.59. The van der Waals surface area contributed by atoms with Crippen LogP contribution in [0.1, 0.15) is 93.9 Å². The number of benzene rings is 1. The van der Waals surface area contributed by atoms with Gasteiger partial charge in [-0.2, -0.15) is 0 Å². The molecule has 3 fully saturated rings. The summed E-state index contributed by atoms with van der Waals surface area (Å²) in [6.07, 6.45) is 6.86. The van der Waals surface area contributed by atoms with Gasteiger partial charge in [0.1, 0.15) is 17.1 Å². The van der Waals surface area contributed by atoms with Gasteiger partial charge in [0.15, 0.2) is 0 Å². The van der Waals surface area contributed by atoms with Crippen LogP contribution in [0, 0.1) is 22.7 Å². The summed E-state index contributed by atoms with van der Waals surface area (Å²) in [5.74, 6) is 2.81. The monoisotopic (exact) mass is 477 g/mol. The minimum atomic E-state index is -0.171. The number of carbonyl (C=O) groups excluding carboxylic acids is 1. The zero-order chi connectivity index (χ0) is 26.2. The molecular weight excluding hydrogens is 426 g/mol. The Kier molecular flexibility index (Phi) is 11.2. The van der Waals surface area contributed by atoms with Crippen molar-refractivity contribution in [3.05, 3.63) is 18.2 Å². The third-order valence-electron chi connectivity index (χ3n) is 8.10. The van der Waals surface area contributed by atoms with Gasteiger partial charge < -0.3 is 19.5 Å². The van der Waals surface area contributed by atoms with Crippen molar-refractivity contribution in [1.29, 1.82) is 0 Å². The topological polar surface area (TPSA) is 56.8 Å². The SMILES string of the molecule is CC.CC.CC1(C)CCCC2(C)C1CCC1(C)OC(=O)CC12.CNc1cc(OC)cc(OC)c1. The minimum Gasteiger partial charge on any atom is -0.497 e. The maximum absolute atomic E-state index is 11.8. The highest BCUT2D eigenvalue weighted by atomic mass is 16.6. The first-order chi connectivity index (χ1) is 16.1. The van der Waals surface area contributed by atoms with Crippen LogP contribution in [0.25, 0.3) is 0 Å². The average Bonchev–Trinajstić information content (AvgIpc) is 3.16. The van der Waals surface area contributed by atoms with Gasteiger partial charge >= 0.3 is 5.97 Å². The van der Waals surface area contributed by atoms with Crippen LogP contribution in [0.15, 0.2) is 18.2 Å². The molecule has 0 spiro atoms. The van der Waals surface area contributed by atoms with E-state index >= 15 is 0 Å². The van der Waals surface area contributed by atoms with Gasteiger partial charge in [0.2, 0.25) is 0 Å². The van der Waals surface area contributed by atoms with Crippen LogP contribution < -0.4 is 14.8 Å². The molecule has 0 radical (unpaired) electrons. The Hall–Kier alpha value is -1.91. The molecule has 1 saturated heterocycles. The van der Waals surface area contributed by atoms with Crippen molar-refractivity contribution in [2.24, 2.45) is 22.7 Å². The molecule has 1 aliphatic heterocycles. The van der Waals surface area contributed by atoms with Crippen molar-refractivity contribution in [1.82, 2.24) is 0 Å². The smallest absolute Gasteiger partial charge is 0.306 e. The van der Waals surface area contributed by atoms with E-state index in [1.165, 1.54) is 25.7 Å². The van der Waals surface area contributed by atoms with Gasteiger partial charge in [0.05, 0.1) is 20.6 Å². The molecule has 34 heavy (non-hydrogen) atoms. The second kappa shape index (κ2) is 12.7. The molecule has 3 aliphatic rings. The Bertz CT molecular complexity index is 722. The Balaban J connectivity index is 0.000000316. The van der Waals surface area contributed by atoms with E-state index in [0.717, 1.165) is 29.5 Å². The molecule has 5 nitrogen and oxygen atoms in total. The van der Waals surface area contributed by atoms with E-state index in [2.05, 4.69) is 33.0 Å². The fraction of sp³-hybridized carbons (Fsp3) is 0.759. The van der Waals surface area contributed by atoms with Gasteiger partial charge in [-0.3, -0.25) is 4.79 Å². The van der Waals surface area contributed by atoms with Crippen LogP contribution >= 0.6 is 0 Å². The van der Waals surface area contributed by atoms with Crippen LogP contribution in [0.3, 0.4) is 0 Å². The Morgan fingerprint density at radius 1 is 0.882 bits per heavy atom. The minimum absolute atomic E-state index is 0.0350. The highest BCUT2D eigenvalue weighted by Gasteiger charge is 2.62. The number of nitrogens with one attached hydrogen (secondary N) is 1. The fourth-order valence-corrected chi connectivity index (χ4v) is 6.60. The molecule has 4 atom stereocenters. The van der Waals surface area contributed by atoms with E-state index in [0.29, 0.717) is 23.2 Å². The van der Waals surface area contributed by atoms with Gasteiger partial charge in [-0.25, -0.2) is 0 Å². The Labute approximate surface area is 209 Å². The highest BCUT2D eigenvalue weighted by molar-refractivity contribution is 5.73. The van der Waals surface area contributed by atoms with Gasteiger partial charge in [-0.1, -0.05) is 54.9 Å². The summed E-state index contributed by atoms with van der Waals surface area (Å²) in [6, 6.07) is 5.64. The van der Waals surface area contributed by atoms with Crippen LogP contribution in [-0.2, 0) is 9.53 Å². The van der Waals surface area contributed by atoms with E-state index in [9.17, 15) is 4.79 Å². The van der Waals surface area contributed by atoms with Crippen LogP contribution in [0.2, 0.25) is 0 Å². The fourth-order valence-electron chi connectivity index (χ4n) is 6.60. The van der Waals surface area contributed by atoms with Crippen molar-refractivity contribution < 1.29 is 19.0 Å². The standard InChI is InChI=1S/C16H26O2.C9H13NO2.2C2H6/c1-14(2)7-5-8-15(3)11(14)6-9-16(4)12(15)10-13(17)18-16;1-10-7-4-8(11-2)6-9(5-7)12-3;2*1-2/h11-12H,5-10H2,1-4H3;4-6,10H,1-3H3;2*1-2H3. The number of carbonyl (C=O) groups is 1. The molecular formula is C29H51NO4. The van der Waals surface area contributed by atoms with E-state index in [-0.39, 0.29) is 11.6 Å². The molecule has 4 rings (SSSR count). The lowest BCUT2D eigenvalue weighted by atomic mass is 9.45. The number of fused-ring (bicyclic) bond motifs is 3. The number of hydrogen-bond donors (Lipinski definition) is 1. The Morgan fingerprint density at radius 2 is 1.44 bits per heavy atom. The normalized spacial score (nSPS) is 30.3. The molecule has 1 aromatic carbocycles. The van der Waals surface area contributed by atoms with Crippen molar-refractivity contribution in [2.75, 3.05) is 26.6 Å². The summed E-state index contributed by atoms with van der Waals surface area (Å²) in [5, 5.41) is 3.02. The van der Waals surface area contributed by atoms with E-state index in [4.69, 9.17) is 14.2 Å². The van der Waals surface area contributed by atoms with Crippen molar-refractivity contribution in [3.63, 3.8) is 0 Å². The number of methoxy groups -OCH3 is 2. The highest BCUT2D eigenvalue weighted by Crippen LogP contribution is 2.64. The summed E-state index contributed by atoms with van der Waals surface area (Å²) in [4.78, 5) is 11.8. The zero-order valence-electron chi connectivity index (χ0n) is 23.8. The van der Waals surface area contributed by atoms with Gasteiger partial charge in [0, 0.05) is 36.9 Å². The predicted molar refractivity (Wildman–Crippen MR) is 143 cm³/mol. The lowest BCUT2D eigenvalue weighted by Crippen LogP contribution is -2.55.